The predicted octanol–water partition coefficient (Wildman–Crippen LogP) is 2.93. The van der Waals surface area contributed by atoms with Gasteiger partial charge in [-0.05, 0) is 23.8 Å². The average Bonchev–Trinajstić information content (AvgIpc) is 3.01. The number of anilines is 1. The number of nitrogens with one attached hydrogen (secondary N) is 1. The van der Waals surface area contributed by atoms with Gasteiger partial charge in [0.15, 0.2) is 5.82 Å². The summed E-state index contributed by atoms with van der Waals surface area (Å²) >= 11 is 6.11. The normalized spacial score (nSPS) is 10.4. The Morgan fingerprint density at radius 1 is 1.15 bits per heavy atom. The zero-order chi connectivity index (χ0) is 13.8. The first-order valence-corrected chi connectivity index (χ1v) is 6.49. The van der Waals surface area contributed by atoms with E-state index in [-0.39, 0.29) is 0 Å². The summed E-state index contributed by atoms with van der Waals surface area (Å²) in [5.74, 6) is 0.728. The van der Waals surface area contributed by atoms with Crippen LogP contribution in [-0.4, -0.2) is 19.7 Å². The van der Waals surface area contributed by atoms with Gasteiger partial charge < -0.3 is 5.32 Å². The van der Waals surface area contributed by atoms with Gasteiger partial charge in [-0.1, -0.05) is 29.8 Å². The van der Waals surface area contributed by atoms with E-state index in [1.165, 1.54) is 6.33 Å². The molecule has 6 heteroatoms. The lowest BCUT2D eigenvalue weighted by Gasteiger charge is -2.08. The third-order valence-electron chi connectivity index (χ3n) is 2.84. The number of halogens is 1. The first-order valence-electron chi connectivity index (χ1n) is 6.11. The molecule has 2 heterocycles. The van der Waals surface area contributed by atoms with E-state index in [1.807, 2.05) is 36.4 Å². The molecule has 20 heavy (non-hydrogen) atoms. The summed E-state index contributed by atoms with van der Waals surface area (Å²) in [4.78, 5) is 8.21. The van der Waals surface area contributed by atoms with Crippen LogP contribution in [0.5, 0.6) is 0 Å². The predicted molar refractivity (Wildman–Crippen MR) is 77.9 cm³/mol. The molecule has 1 N–H and O–H groups in total. The van der Waals surface area contributed by atoms with Gasteiger partial charge in [-0.25, -0.2) is 14.6 Å². The molecule has 0 aliphatic carbocycles. The minimum absolute atomic E-state index is 0.657. The summed E-state index contributed by atoms with van der Waals surface area (Å²) in [7, 11) is 0. The zero-order valence-electron chi connectivity index (χ0n) is 10.6. The van der Waals surface area contributed by atoms with Crippen LogP contribution < -0.4 is 5.32 Å². The smallest absolute Gasteiger partial charge is 0.155 e. The molecule has 0 fully saturated rings. The highest BCUT2D eigenvalue weighted by atomic mass is 35.5. The Hall–Kier alpha value is -2.40. The number of benzene rings is 1. The maximum Gasteiger partial charge on any atom is 0.155 e. The van der Waals surface area contributed by atoms with Gasteiger partial charge in [0.1, 0.15) is 12.7 Å². The Morgan fingerprint density at radius 2 is 2.05 bits per heavy atom. The fourth-order valence-electron chi connectivity index (χ4n) is 1.79. The first kappa shape index (κ1) is 12.6. The van der Waals surface area contributed by atoms with Gasteiger partial charge in [0.2, 0.25) is 0 Å². The van der Waals surface area contributed by atoms with E-state index in [0.717, 1.165) is 22.1 Å². The van der Waals surface area contributed by atoms with Gasteiger partial charge in [0, 0.05) is 11.6 Å². The van der Waals surface area contributed by atoms with Crippen LogP contribution in [0.15, 0.2) is 55.2 Å². The van der Waals surface area contributed by atoms with Crippen LogP contribution in [0.3, 0.4) is 0 Å². The second-order valence-corrected chi connectivity index (χ2v) is 4.60. The van der Waals surface area contributed by atoms with Crippen LogP contribution in [0.25, 0.3) is 5.82 Å². The van der Waals surface area contributed by atoms with Crippen LogP contribution in [0.1, 0.15) is 5.56 Å². The monoisotopic (exact) mass is 285 g/mol. The maximum atomic E-state index is 6.11. The summed E-state index contributed by atoms with van der Waals surface area (Å²) in [5, 5.41) is 8.07. The molecule has 0 radical (unpaired) electrons. The van der Waals surface area contributed by atoms with Crippen molar-refractivity contribution in [3.05, 3.63) is 65.8 Å². The highest BCUT2D eigenvalue weighted by Gasteiger charge is 2.01. The molecule has 5 nitrogen and oxygen atoms in total. The number of rotatable bonds is 4. The number of aromatic nitrogens is 4. The van der Waals surface area contributed by atoms with Crippen molar-refractivity contribution in [2.24, 2.45) is 0 Å². The molecular formula is C14H12ClN5. The summed E-state index contributed by atoms with van der Waals surface area (Å²) in [5.41, 5.74) is 1.98. The fraction of sp³-hybridized carbons (Fsp3) is 0.0714. The summed E-state index contributed by atoms with van der Waals surface area (Å²) in [6.45, 7) is 0.657. The van der Waals surface area contributed by atoms with Gasteiger partial charge in [-0.15, -0.1) is 0 Å². The molecule has 2 aromatic heterocycles. The highest BCUT2D eigenvalue weighted by Crippen LogP contribution is 2.17. The molecule has 0 atom stereocenters. The van der Waals surface area contributed by atoms with Gasteiger partial charge >= 0.3 is 0 Å². The van der Waals surface area contributed by atoms with Gasteiger partial charge in [-0.3, -0.25) is 0 Å². The van der Waals surface area contributed by atoms with Gasteiger partial charge in [-0.2, -0.15) is 5.10 Å². The molecule has 0 aliphatic heterocycles. The van der Waals surface area contributed by atoms with E-state index in [1.54, 1.807) is 17.2 Å². The lowest BCUT2D eigenvalue weighted by atomic mass is 10.2. The molecule has 0 aliphatic rings. The highest BCUT2D eigenvalue weighted by molar-refractivity contribution is 6.31. The molecule has 0 spiro atoms. The molecule has 3 aromatic rings. The molecular weight excluding hydrogens is 274 g/mol. The van der Waals surface area contributed by atoms with E-state index in [2.05, 4.69) is 20.4 Å². The minimum atomic E-state index is 0.657. The SMILES string of the molecule is Clc1ccccc1CNc1ccc(-n2cncn2)nc1. The Balaban J connectivity index is 1.68. The van der Waals surface area contributed by atoms with E-state index < -0.39 is 0 Å². The molecule has 0 saturated carbocycles. The second-order valence-electron chi connectivity index (χ2n) is 4.19. The third-order valence-corrected chi connectivity index (χ3v) is 3.21. The largest absolute Gasteiger partial charge is 0.380 e. The first-order chi connectivity index (χ1) is 9.83. The van der Waals surface area contributed by atoms with Crippen molar-refractivity contribution in [3.8, 4) is 5.82 Å². The van der Waals surface area contributed by atoms with Crippen LogP contribution >= 0.6 is 11.6 Å². The van der Waals surface area contributed by atoms with Crippen LogP contribution in [0.2, 0.25) is 5.02 Å². The lowest BCUT2D eigenvalue weighted by Crippen LogP contribution is -2.02. The Kier molecular flexibility index (Phi) is 3.60. The maximum absolute atomic E-state index is 6.11. The summed E-state index contributed by atoms with van der Waals surface area (Å²) < 4.78 is 1.61. The van der Waals surface area contributed by atoms with Crippen LogP contribution in [0, 0.1) is 0 Å². The molecule has 100 valence electrons. The number of pyridine rings is 1. The Morgan fingerprint density at radius 3 is 2.75 bits per heavy atom. The minimum Gasteiger partial charge on any atom is -0.380 e. The standard InChI is InChI=1S/C14H12ClN5/c15-13-4-2-1-3-11(13)7-17-12-5-6-14(18-8-12)20-10-16-9-19-20/h1-6,8-10,17H,7H2. The number of hydrogen-bond acceptors (Lipinski definition) is 4. The zero-order valence-corrected chi connectivity index (χ0v) is 11.3. The Bertz CT molecular complexity index is 679. The summed E-state index contributed by atoms with van der Waals surface area (Å²) in [6.07, 6.45) is 4.85. The van der Waals surface area contributed by atoms with Crippen molar-refractivity contribution >= 4 is 17.3 Å². The Labute approximate surface area is 121 Å². The fourth-order valence-corrected chi connectivity index (χ4v) is 1.99. The average molecular weight is 286 g/mol. The van der Waals surface area contributed by atoms with Crippen molar-refractivity contribution in [1.82, 2.24) is 19.7 Å². The molecule has 0 unspecified atom stereocenters. The molecule has 0 amide bonds. The van der Waals surface area contributed by atoms with E-state index >= 15 is 0 Å². The van der Waals surface area contributed by atoms with Crippen LogP contribution in [-0.2, 0) is 6.54 Å². The van der Waals surface area contributed by atoms with Crippen molar-refractivity contribution in [1.29, 1.82) is 0 Å². The molecule has 0 bridgehead atoms. The molecule has 1 aromatic carbocycles. The lowest BCUT2D eigenvalue weighted by molar-refractivity contribution is 0.845. The van der Waals surface area contributed by atoms with E-state index in [4.69, 9.17) is 11.6 Å². The van der Waals surface area contributed by atoms with Crippen LogP contribution in [0.4, 0.5) is 5.69 Å². The van der Waals surface area contributed by atoms with Crippen molar-refractivity contribution in [2.45, 2.75) is 6.54 Å². The molecule has 3 rings (SSSR count). The summed E-state index contributed by atoms with van der Waals surface area (Å²) in [6, 6.07) is 11.6. The van der Waals surface area contributed by atoms with Crippen molar-refractivity contribution < 1.29 is 0 Å². The van der Waals surface area contributed by atoms with Crippen molar-refractivity contribution in [3.63, 3.8) is 0 Å². The van der Waals surface area contributed by atoms with Crippen molar-refractivity contribution in [2.75, 3.05) is 5.32 Å². The van der Waals surface area contributed by atoms with Gasteiger partial charge in [0.05, 0.1) is 11.9 Å². The van der Waals surface area contributed by atoms with E-state index in [9.17, 15) is 0 Å². The van der Waals surface area contributed by atoms with Gasteiger partial charge in [0.25, 0.3) is 0 Å². The quantitative estimate of drug-likeness (QED) is 0.801. The second kappa shape index (κ2) is 5.71. The number of hydrogen-bond donors (Lipinski definition) is 1. The topological polar surface area (TPSA) is 55.6 Å². The molecule has 0 saturated heterocycles. The van der Waals surface area contributed by atoms with E-state index in [0.29, 0.717) is 6.54 Å². The third kappa shape index (κ3) is 2.78. The number of nitrogens with zero attached hydrogens (tertiary/aromatic N) is 4.